The molecule has 0 bridgehead atoms. The van der Waals surface area contributed by atoms with Gasteiger partial charge in [-0.05, 0) is 20.8 Å². The third-order valence-electron chi connectivity index (χ3n) is 2.22. The number of nitrogens with zero attached hydrogens (tertiary/aromatic N) is 2. The Morgan fingerprint density at radius 2 is 2.10 bits per heavy atom. The summed E-state index contributed by atoms with van der Waals surface area (Å²) >= 11 is 12.5. The Morgan fingerprint density at radius 3 is 2.62 bits per heavy atom. The van der Waals surface area contributed by atoms with Crippen LogP contribution in [-0.2, 0) is 14.4 Å². The molecule has 0 saturated carbocycles. The van der Waals surface area contributed by atoms with Gasteiger partial charge in [0, 0.05) is 6.61 Å². The number of thiazole rings is 1. The molecule has 1 heterocycles. The molecule has 0 aromatic carbocycles. The lowest BCUT2D eigenvalue weighted by molar-refractivity contribution is -0.202. The molecule has 0 aliphatic rings. The second-order valence-corrected chi connectivity index (χ2v) is 6.10. The molecular formula is C12H18Cl2N2O4S. The average Bonchev–Trinajstić information content (AvgIpc) is 2.75. The van der Waals surface area contributed by atoms with Gasteiger partial charge in [0.1, 0.15) is 4.34 Å². The fourth-order valence-electron chi connectivity index (χ4n) is 1.36. The van der Waals surface area contributed by atoms with Crippen LogP contribution in [0.5, 0.6) is 5.19 Å². The maximum absolute atomic E-state index is 12.1. The van der Waals surface area contributed by atoms with E-state index >= 15 is 0 Å². The van der Waals surface area contributed by atoms with Crippen molar-refractivity contribution in [2.75, 3.05) is 26.4 Å². The van der Waals surface area contributed by atoms with E-state index in [1.54, 1.807) is 0 Å². The smallest absolute Gasteiger partial charge is 0.284 e. The van der Waals surface area contributed by atoms with E-state index in [0.717, 1.165) is 11.3 Å². The van der Waals surface area contributed by atoms with Crippen molar-refractivity contribution < 1.29 is 19.1 Å². The van der Waals surface area contributed by atoms with Gasteiger partial charge in [0.25, 0.3) is 11.1 Å². The molecule has 9 heteroatoms. The molecule has 1 aromatic heterocycles. The molecule has 0 aliphatic heterocycles. The molecule has 0 aliphatic carbocycles. The Hall–Kier alpha value is -0.600. The van der Waals surface area contributed by atoms with Crippen molar-refractivity contribution in [2.45, 2.75) is 26.8 Å². The third-order valence-corrected chi connectivity index (χ3v) is 3.87. The highest BCUT2D eigenvalue weighted by molar-refractivity contribution is 7.18. The zero-order valence-corrected chi connectivity index (χ0v) is 14.4. The second kappa shape index (κ2) is 9.42. The van der Waals surface area contributed by atoms with Gasteiger partial charge < -0.3 is 9.47 Å². The molecule has 0 saturated heterocycles. The van der Waals surface area contributed by atoms with E-state index < -0.39 is 0 Å². The van der Waals surface area contributed by atoms with Crippen LogP contribution >= 0.6 is 34.5 Å². The molecule has 0 spiro atoms. The maximum atomic E-state index is 12.1. The Labute approximate surface area is 137 Å². The highest BCUT2D eigenvalue weighted by atomic mass is 35.5. The molecule has 6 nitrogen and oxygen atoms in total. The summed E-state index contributed by atoms with van der Waals surface area (Å²) in [4.78, 5) is 21.3. The quantitative estimate of drug-likeness (QED) is 0.502. The van der Waals surface area contributed by atoms with Gasteiger partial charge in [0.05, 0.1) is 19.3 Å². The number of carbonyl (C=O) groups is 1. The van der Waals surface area contributed by atoms with E-state index in [2.05, 4.69) is 4.98 Å². The van der Waals surface area contributed by atoms with Crippen LogP contribution in [-0.4, -0.2) is 48.4 Å². The first kappa shape index (κ1) is 18.4. The summed E-state index contributed by atoms with van der Waals surface area (Å²) in [5.74, 6) is -0.316. The third kappa shape index (κ3) is 6.36. The molecule has 120 valence electrons. The number of aromatic nitrogens is 1. The number of amides is 1. The van der Waals surface area contributed by atoms with Crippen LogP contribution in [0.25, 0.3) is 0 Å². The van der Waals surface area contributed by atoms with Crippen molar-refractivity contribution in [1.82, 2.24) is 10.0 Å². The van der Waals surface area contributed by atoms with Gasteiger partial charge in [-0.15, -0.1) is 0 Å². The Morgan fingerprint density at radius 1 is 1.38 bits per heavy atom. The molecule has 21 heavy (non-hydrogen) atoms. The van der Waals surface area contributed by atoms with Crippen LogP contribution < -0.4 is 4.74 Å². The van der Waals surface area contributed by atoms with Gasteiger partial charge >= 0.3 is 0 Å². The van der Waals surface area contributed by atoms with Crippen LogP contribution in [0.3, 0.4) is 0 Å². The number of halogens is 2. The number of hydroxylamine groups is 2. The second-order valence-electron chi connectivity index (χ2n) is 4.18. The van der Waals surface area contributed by atoms with Crippen molar-refractivity contribution in [1.29, 1.82) is 0 Å². The summed E-state index contributed by atoms with van der Waals surface area (Å²) in [7, 11) is 0. The lowest BCUT2D eigenvalue weighted by atomic mass is 10.4. The molecule has 1 amide bonds. The normalized spacial score (nSPS) is 11.0. The molecule has 1 rings (SSSR count). The molecular weight excluding hydrogens is 339 g/mol. The van der Waals surface area contributed by atoms with E-state index in [1.165, 1.54) is 5.06 Å². The SMILES string of the molecule is CCOCCON(C(=O)COc1nc(Cl)c(Cl)s1)C(C)C. The van der Waals surface area contributed by atoms with Crippen molar-refractivity contribution in [3.8, 4) is 5.19 Å². The topological polar surface area (TPSA) is 60.9 Å². The number of ether oxygens (including phenoxy) is 2. The van der Waals surface area contributed by atoms with E-state index in [1.807, 2.05) is 20.8 Å². The number of rotatable bonds is 9. The minimum atomic E-state index is -0.316. The van der Waals surface area contributed by atoms with Crippen LogP contribution in [0.1, 0.15) is 20.8 Å². The van der Waals surface area contributed by atoms with Crippen LogP contribution in [0.4, 0.5) is 0 Å². The maximum Gasteiger partial charge on any atom is 0.284 e. The predicted octanol–water partition coefficient (Wildman–Crippen LogP) is 3.03. The lowest BCUT2D eigenvalue weighted by Gasteiger charge is -2.25. The van der Waals surface area contributed by atoms with E-state index in [4.69, 9.17) is 37.5 Å². The van der Waals surface area contributed by atoms with Crippen molar-refractivity contribution in [3.05, 3.63) is 9.49 Å². The lowest BCUT2D eigenvalue weighted by Crippen LogP contribution is -2.40. The fourth-order valence-corrected chi connectivity index (χ4v) is 2.38. The Kier molecular flexibility index (Phi) is 8.28. The molecule has 0 N–H and O–H groups in total. The van der Waals surface area contributed by atoms with E-state index in [0.29, 0.717) is 24.2 Å². The summed E-state index contributed by atoms with van der Waals surface area (Å²) in [6.07, 6.45) is 0. The fraction of sp³-hybridized carbons (Fsp3) is 0.667. The first-order valence-electron chi connectivity index (χ1n) is 6.43. The molecule has 0 radical (unpaired) electrons. The van der Waals surface area contributed by atoms with Crippen molar-refractivity contribution >= 4 is 40.4 Å². The molecule has 0 fully saturated rings. The largest absolute Gasteiger partial charge is 0.460 e. The van der Waals surface area contributed by atoms with E-state index in [-0.39, 0.29) is 28.9 Å². The predicted molar refractivity (Wildman–Crippen MR) is 82.1 cm³/mol. The van der Waals surface area contributed by atoms with Crippen LogP contribution in [0.2, 0.25) is 9.49 Å². The summed E-state index contributed by atoms with van der Waals surface area (Å²) in [5, 5.41) is 1.67. The van der Waals surface area contributed by atoms with Gasteiger partial charge in [-0.2, -0.15) is 4.98 Å². The summed E-state index contributed by atoms with van der Waals surface area (Å²) in [6, 6.07) is -0.119. The van der Waals surface area contributed by atoms with Crippen LogP contribution in [0.15, 0.2) is 0 Å². The highest BCUT2D eigenvalue weighted by Crippen LogP contribution is 2.32. The summed E-state index contributed by atoms with van der Waals surface area (Å²) in [6.45, 7) is 6.70. The standard InChI is InChI=1S/C12H18Cl2N2O4S/c1-4-18-5-6-20-16(8(2)3)9(17)7-19-12-15-10(13)11(14)21-12/h8H,4-7H2,1-3H3. The van der Waals surface area contributed by atoms with Gasteiger partial charge in [0.2, 0.25) is 0 Å². The highest BCUT2D eigenvalue weighted by Gasteiger charge is 2.19. The minimum Gasteiger partial charge on any atom is -0.460 e. The summed E-state index contributed by atoms with van der Waals surface area (Å²) in [5.41, 5.74) is 0. The Balaban J connectivity index is 2.45. The minimum absolute atomic E-state index is 0.119. The monoisotopic (exact) mass is 356 g/mol. The molecule has 1 aromatic rings. The van der Waals surface area contributed by atoms with Crippen molar-refractivity contribution in [3.63, 3.8) is 0 Å². The number of carbonyl (C=O) groups excluding carboxylic acids is 1. The molecule has 0 unspecified atom stereocenters. The number of hydrogen-bond acceptors (Lipinski definition) is 6. The zero-order chi connectivity index (χ0) is 15.8. The first-order valence-corrected chi connectivity index (χ1v) is 8.00. The average molecular weight is 357 g/mol. The first-order chi connectivity index (χ1) is 9.95. The van der Waals surface area contributed by atoms with Gasteiger partial charge in [-0.1, -0.05) is 34.5 Å². The zero-order valence-electron chi connectivity index (χ0n) is 12.1. The van der Waals surface area contributed by atoms with Crippen LogP contribution in [0, 0.1) is 0 Å². The summed E-state index contributed by atoms with van der Waals surface area (Å²) < 4.78 is 10.7. The Bertz CT molecular complexity index is 437. The van der Waals surface area contributed by atoms with Crippen molar-refractivity contribution in [2.24, 2.45) is 0 Å². The van der Waals surface area contributed by atoms with Gasteiger partial charge in [-0.3, -0.25) is 9.63 Å². The van der Waals surface area contributed by atoms with E-state index in [9.17, 15) is 4.79 Å². The number of hydrogen-bond donors (Lipinski definition) is 0. The van der Waals surface area contributed by atoms with Gasteiger partial charge in [0.15, 0.2) is 11.8 Å². The van der Waals surface area contributed by atoms with Gasteiger partial charge in [-0.25, -0.2) is 5.06 Å². The molecule has 0 atom stereocenters.